The summed E-state index contributed by atoms with van der Waals surface area (Å²) in [4.78, 5) is 26.0. The van der Waals surface area contributed by atoms with Crippen LogP contribution >= 0.6 is 0 Å². The summed E-state index contributed by atoms with van der Waals surface area (Å²) in [6.45, 7) is 0. The molecule has 0 aliphatic rings. The lowest BCUT2D eigenvalue weighted by Gasteiger charge is -2.09. The third-order valence-electron chi connectivity index (χ3n) is 2.44. The van der Waals surface area contributed by atoms with Gasteiger partial charge in [-0.25, -0.2) is 18.4 Å². The summed E-state index contributed by atoms with van der Waals surface area (Å²) in [5.41, 5.74) is -0.661. The molecule has 0 fully saturated rings. The standard InChI is InChI=1S/C13H9F2N3O3/c14-9-2-1-3-10(15)11(9)18-13(21)17-8-4-7(12(19)20)5-16-6-8/h1-6H,(H,19,20)(H2,17,18,21). The number of hydrogen-bond donors (Lipinski definition) is 3. The van der Waals surface area contributed by atoms with E-state index in [1.165, 1.54) is 6.20 Å². The number of benzene rings is 1. The van der Waals surface area contributed by atoms with Crippen molar-refractivity contribution in [3.63, 3.8) is 0 Å². The van der Waals surface area contributed by atoms with Crippen molar-refractivity contribution < 1.29 is 23.5 Å². The maximum atomic E-state index is 13.3. The molecule has 0 aliphatic carbocycles. The molecule has 1 heterocycles. The van der Waals surface area contributed by atoms with Crippen LogP contribution in [-0.2, 0) is 0 Å². The summed E-state index contributed by atoms with van der Waals surface area (Å²) in [6, 6.07) is 3.38. The molecular formula is C13H9F2N3O3. The van der Waals surface area contributed by atoms with E-state index in [0.717, 1.165) is 30.5 Å². The maximum absolute atomic E-state index is 13.3. The number of urea groups is 1. The first-order chi connectivity index (χ1) is 9.97. The molecular weight excluding hydrogens is 284 g/mol. The van der Waals surface area contributed by atoms with E-state index in [4.69, 9.17) is 5.11 Å². The Labute approximate surface area is 117 Å². The Balaban J connectivity index is 2.12. The summed E-state index contributed by atoms with van der Waals surface area (Å²) in [5.74, 6) is -3.07. The van der Waals surface area contributed by atoms with Gasteiger partial charge >= 0.3 is 12.0 Å². The van der Waals surface area contributed by atoms with E-state index in [9.17, 15) is 18.4 Å². The fourth-order valence-corrected chi connectivity index (χ4v) is 1.52. The summed E-state index contributed by atoms with van der Waals surface area (Å²) in [7, 11) is 0. The molecule has 0 bridgehead atoms. The highest BCUT2D eigenvalue weighted by molar-refractivity contribution is 6.00. The van der Waals surface area contributed by atoms with E-state index < -0.39 is 29.3 Å². The zero-order valence-electron chi connectivity index (χ0n) is 10.4. The third-order valence-corrected chi connectivity index (χ3v) is 2.44. The molecule has 0 spiro atoms. The SMILES string of the molecule is O=C(Nc1cncc(C(=O)O)c1)Nc1c(F)cccc1F. The van der Waals surface area contributed by atoms with E-state index in [1.807, 2.05) is 5.32 Å². The minimum Gasteiger partial charge on any atom is -0.478 e. The summed E-state index contributed by atoms with van der Waals surface area (Å²) >= 11 is 0. The zero-order valence-corrected chi connectivity index (χ0v) is 10.4. The first-order valence-corrected chi connectivity index (χ1v) is 5.67. The molecule has 1 aromatic heterocycles. The van der Waals surface area contributed by atoms with Gasteiger partial charge in [-0.2, -0.15) is 0 Å². The van der Waals surface area contributed by atoms with Gasteiger partial charge in [-0.05, 0) is 18.2 Å². The lowest BCUT2D eigenvalue weighted by atomic mass is 10.2. The van der Waals surface area contributed by atoms with Gasteiger partial charge in [-0.1, -0.05) is 6.07 Å². The summed E-state index contributed by atoms with van der Waals surface area (Å²) in [5, 5.41) is 13.0. The van der Waals surface area contributed by atoms with Gasteiger partial charge in [0, 0.05) is 6.20 Å². The number of anilines is 2. The van der Waals surface area contributed by atoms with Gasteiger partial charge in [0.25, 0.3) is 0 Å². The summed E-state index contributed by atoms with van der Waals surface area (Å²) < 4.78 is 26.7. The minimum atomic E-state index is -1.22. The van der Waals surface area contributed by atoms with Gasteiger partial charge in [-0.15, -0.1) is 0 Å². The Bertz CT molecular complexity index is 687. The Kier molecular flexibility index (Phi) is 4.07. The number of aromatic nitrogens is 1. The van der Waals surface area contributed by atoms with Crippen LogP contribution < -0.4 is 10.6 Å². The first-order valence-electron chi connectivity index (χ1n) is 5.67. The summed E-state index contributed by atoms with van der Waals surface area (Å²) in [6.07, 6.45) is 2.30. The smallest absolute Gasteiger partial charge is 0.337 e. The zero-order chi connectivity index (χ0) is 15.4. The molecule has 2 aromatic rings. The molecule has 2 amide bonds. The van der Waals surface area contributed by atoms with Crippen molar-refractivity contribution in [1.82, 2.24) is 4.98 Å². The van der Waals surface area contributed by atoms with Crippen LogP contribution in [0.2, 0.25) is 0 Å². The fraction of sp³-hybridized carbons (Fsp3) is 0. The first kappa shape index (κ1) is 14.4. The highest BCUT2D eigenvalue weighted by Gasteiger charge is 2.12. The number of para-hydroxylation sites is 1. The van der Waals surface area contributed by atoms with Crippen LogP contribution in [0.25, 0.3) is 0 Å². The molecule has 108 valence electrons. The largest absolute Gasteiger partial charge is 0.478 e. The van der Waals surface area contributed by atoms with Crippen LogP contribution in [0, 0.1) is 11.6 Å². The molecule has 0 aliphatic heterocycles. The van der Waals surface area contributed by atoms with Crippen LogP contribution in [-0.4, -0.2) is 22.1 Å². The van der Waals surface area contributed by atoms with Crippen LogP contribution in [0.5, 0.6) is 0 Å². The van der Waals surface area contributed by atoms with Crippen LogP contribution in [0.3, 0.4) is 0 Å². The van der Waals surface area contributed by atoms with Crippen LogP contribution in [0.1, 0.15) is 10.4 Å². The molecule has 8 heteroatoms. The van der Waals surface area contributed by atoms with Crippen molar-refractivity contribution in [1.29, 1.82) is 0 Å². The molecule has 0 unspecified atom stereocenters. The molecule has 0 radical (unpaired) electrons. The number of nitrogens with zero attached hydrogens (tertiary/aromatic N) is 1. The molecule has 0 saturated carbocycles. The molecule has 3 N–H and O–H groups in total. The van der Waals surface area contributed by atoms with E-state index in [0.29, 0.717) is 0 Å². The molecule has 6 nitrogen and oxygen atoms in total. The highest BCUT2D eigenvalue weighted by Crippen LogP contribution is 2.18. The number of aromatic carboxylic acids is 1. The number of hydrogen-bond acceptors (Lipinski definition) is 3. The van der Waals surface area contributed by atoms with Gasteiger partial charge in [0.1, 0.15) is 17.3 Å². The van der Waals surface area contributed by atoms with E-state index in [1.54, 1.807) is 0 Å². The van der Waals surface area contributed by atoms with Crippen molar-refractivity contribution in [3.05, 3.63) is 53.9 Å². The van der Waals surface area contributed by atoms with Gasteiger partial charge in [0.15, 0.2) is 0 Å². The number of rotatable bonds is 3. The Morgan fingerprint density at radius 1 is 1.10 bits per heavy atom. The monoisotopic (exact) mass is 293 g/mol. The van der Waals surface area contributed by atoms with Crippen LogP contribution in [0.15, 0.2) is 36.7 Å². The normalized spacial score (nSPS) is 10.0. The highest BCUT2D eigenvalue weighted by atomic mass is 19.1. The predicted octanol–water partition coefficient (Wildman–Crippen LogP) is 2.70. The Hall–Kier alpha value is -3.03. The van der Waals surface area contributed by atoms with Crippen molar-refractivity contribution in [2.75, 3.05) is 10.6 Å². The van der Waals surface area contributed by atoms with Gasteiger partial charge < -0.3 is 15.7 Å². The van der Waals surface area contributed by atoms with Gasteiger partial charge in [0.05, 0.1) is 17.4 Å². The average Bonchev–Trinajstić information content (AvgIpc) is 2.43. The number of halogens is 2. The number of carbonyl (C=O) groups is 2. The molecule has 21 heavy (non-hydrogen) atoms. The Morgan fingerprint density at radius 2 is 1.76 bits per heavy atom. The van der Waals surface area contributed by atoms with Crippen molar-refractivity contribution in [3.8, 4) is 0 Å². The second-order valence-corrected chi connectivity index (χ2v) is 3.94. The number of carboxylic acid groups (broad SMARTS) is 1. The molecule has 2 rings (SSSR count). The predicted molar refractivity (Wildman–Crippen MR) is 70.2 cm³/mol. The van der Waals surface area contributed by atoms with Crippen LogP contribution in [0.4, 0.5) is 25.0 Å². The topological polar surface area (TPSA) is 91.3 Å². The lowest BCUT2D eigenvalue weighted by molar-refractivity contribution is 0.0696. The molecule has 1 aromatic carbocycles. The number of carbonyl (C=O) groups excluding carboxylic acids is 1. The van der Waals surface area contributed by atoms with Gasteiger partial charge in [-0.3, -0.25) is 4.98 Å². The quantitative estimate of drug-likeness (QED) is 0.811. The fourth-order valence-electron chi connectivity index (χ4n) is 1.52. The third kappa shape index (κ3) is 3.50. The van der Waals surface area contributed by atoms with Crippen molar-refractivity contribution in [2.45, 2.75) is 0 Å². The van der Waals surface area contributed by atoms with E-state index >= 15 is 0 Å². The number of pyridine rings is 1. The molecule has 0 saturated heterocycles. The average molecular weight is 293 g/mol. The minimum absolute atomic E-state index is 0.0733. The lowest BCUT2D eigenvalue weighted by Crippen LogP contribution is -2.21. The van der Waals surface area contributed by atoms with Gasteiger partial charge in [0.2, 0.25) is 0 Å². The van der Waals surface area contributed by atoms with Crippen molar-refractivity contribution in [2.24, 2.45) is 0 Å². The van der Waals surface area contributed by atoms with E-state index in [-0.39, 0.29) is 11.3 Å². The number of carboxylic acids is 1. The number of nitrogens with one attached hydrogen (secondary N) is 2. The second-order valence-electron chi connectivity index (χ2n) is 3.94. The van der Waals surface area contributed by atoms with Crippen molar-refractivity contribution >= 4 is 23.4 Å². The maximum Gasteiger partial charge on any atom is 0.337 e. The van der Waals surface area contributed by atoms with E-state index in [2.05, 4.69) is 10.3 Å². The second kappa shape index (κ2) is 5.95. The number of amides is 2. The molecule has 0 atom stereocenters. The Morgan fingerprint density at radius 3 is 2.38 bits per heavy atom.